The van der Waals surface area contributed by atoms with Crippen LogP contribution >= 0.6 is 0 Å². The maximum Gasteiger partial charge on any atom is 0.310 e. The van der Waals surface area contributed by atoms with Gasteiger partial charge in [-0.25, -0.2) is 0 Å². The van der Waals surface area contributed by atoms with Crippen molar-refractivity contribution in [3.05, 3.63) is 54.1 Å². The molecular weight excluding hydrogens is 240 g/mol. The number of carbonyl (C=O) groups excluding carboxylic acids is 1. The molecule has 0 spiro atoms. The minimum atomic E-state index is -0.251. The Kier molecular flexibility index (Phi) is 5.86. The van der Waals surface area contributed by atoms with Crippen LogP contribution in [0.2, 0.25) is 0 Å². The van der Waals surface area contributed by atoms with E-state index in [1.807, 2.05) is 25.1 Å². The van der Waals surface area contributed by atoms with Crippen molar-refractivity contribution in [1.82, 2.24) is 0 Å². The average molecular weight is 260 g/mol. The summed E-state index contributed by atoms with van der Waals surface area (Å²) in [6.07, 6.45) is 1.87. The van der Waals surface area contributed by atoms with Gasteiger partial charge in [0.05, 0.1) is 13.0 Å². The number of esters is 1. The first-order chi connectivity index (χ1) is 9.06. The molecule has 0 fully saturated rings. The van der Waals surface area contributed by atoms with Crippen LogP contribution in [-0.4, -0.2) is 19.2 Å². The molecule has 0 aliphatic heterocycles. The van der Waals surface area contributed by atoms with Crippen molar-refractivity contribution in [2.45, 2.75) is 20.3 Å². The molecule has 3 heteroatoms. The molecular formula is C16H20O3. The Labute approximate surface area is 114 Å². The summed E-state index contributed by atoms with van der Waals surface area (Å²) in [5.41, 5.74) is 2.69. The predicted octanol–water partition coefficient (Wildman–Crippen LogP) is 3.22. The van der Waals surface area contributed by atoms with Crippen molar-refractivity contribution in [2.75, 3.05) is 13.2 Å². The van der Waals surface area contributed by atoms with Crippen LogP contribution in [0.3, 0.4) is 0 Å². The van der Waals surface area contributed by atoms with E-state index in [1.54, 1.807) is 13.0 Å². The number of aryl methyl sites for hydroxylation is 1. The molecule has 0 aromatic heterocycles. The molecule has 0 saturated heterocycles. The van der Waals surface area contributed by atoms with Crippen molar-refractivity contribution in [3.63, 3.8) is 0 Å². The maximum atomic E-state index is 11.5. The Balaban J connectivity index is 2.81. The van der Waals surface area contributed by atoms with Gasteiger partial charge in [-0.2, -0.15) is 0 Å². The molecule has 0 saturated carbocycles. The Morgan fingerprint density at radius 1 is 1.42 bits per heavy atom. The molecule has 0 N–H and O–H groups in total. The first kappa shape index (κ1) is 15.0. The third kappa shape index (κ3) is 5.00. The van der Waals surface area contributed by atoms with E-state index < -0.39 is 0 Å². The predicted molar refractivity (Wildman–Crippen MR) is 76.3 cm³/mol. The molecule has 102 valence electrons. The molecule has 1 aromatic carbocycles. The molecule has 1 rings (SSSR count). The summed E-state index contributed by atoms with van der Waals surface area (Å²) >= 11 is 0. The number of hydrogen-bond acceptors (Lipinski definition) is 3. The minimum absolute atomic E-state index is 0.212. The van der Waals surface area contributed by atoms with Crippen molar-refractivity contribution < 1.29 is 14.3 Å². The van der Waals surface area contributed by atoms with E-state index >= 15 is 0 Å². The van der Waals surface area contributed by atoms with Gasteiger partial charge in [0.1, 0.15) is 12.4 Å². The van der Waals surface area contributed by atoms with Crippen LogP contribution in [0.1, 0.15) is 18.1 Å². The van der Waals surface area contributed by atoms with E-state index in [0.29, 0.717) is 19.0 Å². The minimum Gasteiger partial charge on any atom is -0.489 e. The standard InChI is InChI=1S/C16H20O3/c1-5-12(3)11-19-15-9-13(4)7-8-14(15)10-16(17)18-6-2/h5,7-9H,1,3,6,10-11H2,2,4H3. The molecule has 0 bridgehead atoms. The smallest absolute Gasteiger partial charge is 0.310 e. The van der Waals surface area contributed by atoms with Crippen molar-refractivity contribution >= 4 is 5.97 Å². The molecule has 0 amide bonds. The van der Waals surface area contributed by atoms with Crippen molar-refractivity contribution in [1.29, 1.82) is 0 Å². The van der Waals surface area contributed by atoms with Gasteiger partial charge in [0.25, 0.3) is 0 Å². The zero-order chi connectivity index (χ0) is 14.3. The van der Waals surface area contributed by atoms with Gasteiger partial charge in [-0.3, -0.25) is 4.79 Å². The van der Waals surface area contributed by atoms with Crippen LogP contribution in [0.5, 0.6) is 5.75 Å². The number of ether oxygens (including phenoxy) is 2. The number of benzene rings is 1. The highest BCUT2D eigenvalue weighted by Gasteiger charge is 2.10. The first-order valence-electron chi connectivity index (χ1n) is 6.25. The van der Waals surface area contributed by atoms with Gasteiger partial charge >= 0.3 is 5.97 Å². The zero-order valence-electron chi connectivity index (χ0n) is 11.6. The Hall–Kier alpha value is -2.03. The molecule has 0 atom stereocenters. The second-order valence-corrected chi connectivity index (χ2v) is 4.24. The fourth-order valence-corrected chi connectivity index (χ4v) is 1.54. The molecule has 0 aliphatic rings. The highest BCUT2D eigenvalue weighted by Crippen LogP contribution is 2.22. The monoisotopic (exact) mass is 260 g/mol. The summed E-state index contributed by atoms with van der Waals surface area (Å²) in [5, 5.41) is 0. The number of hydrogen-bond donors (Lipinski definition) is 0. The lowest BCUT2D eigenvalue weighted by Gasteiger charge is -2.12. The quantitative estimate of drug-likeness (QED) is 0.558. The highest BCUT2D eigenvalue weighted by atomic mass is 16.5. The second kappa shape index (κ2) is 7.41. The summed E-state index contributed by atoms with van der Waals surface area (Å²) in [4.78, 5) is 11.5. The summed E-state index contributed by atoms with van der Waals surface area (Å²) in [6.45, 7) is 11.9. The Morgan fingerprint density at radius 3 is 2.79 bits per heavy atom. The fraction of sp³-hybridized carbons (Fsp3) is 0.312. The second-order valence-electron chi connectivity index (χ2n) is 4.24. The highest BCUT2D eigenvalue weighted by molar-refractivity contribution is 5.73. The van der Waals surface area contributed by atoms with Crippen molar-refractivity contribution in [2.24, 2.45) is 0 Å². The van der Waals surface area contributed by atoms with Gasteiger partial charge < -0.3 is 9.47 Å². The molecule has 0 heterocycles. The molecule has 0 unspecified atom stereocenters. The van der Waals surface area contributed by atoms with Crippen LogP contribution in [-0.2, 0) is 16.0 Å². The molecule has 3 nitrogen and oxygen atoms in total. The lowest BCUT2D eigenvalue weighted by atomic mass is 10.1. The summed E-state index contributed by atoms with van der Waals surface area (Å²) in [7, 11) is 0. The lowest BCUT2D eigenvalue weighted by molar-refractivity contribution is -0.142. The third-order valence-corrected chi connectivity index (χ3v) is 2.56. The summed E-state index contributed by atoms with van der Waals surface area (Å²) in [6, 6.07) is 5.74. The average Bonchev–Trinajstić information content (AvgIpc) is 2.38. The first-order valence-corrected chi connectivity index (χ1v) is 6.25. The van der Waals surface area contributed by atoms with Crippen LogP contribution in [0.4, 0.5) is 0 Å². The van der Waals surface area contributed by atoms with Gasteiger partial charge in [0.2, 0.25) is 0 Å². The Morgan fingerprint density at radius 2 is 2.16 bits per heavy atom. The van der Waals surface area contributed by atoms with E-state index in [0.717, 1.165) is 16.7 Å². The van der Waals surface area contributed by atoms with Crippen LogP contribution in [0, 0.1) is 6.92 Å². The van der Waals surface area contributed by atoms with E-state index in [1.165, 1.54) is 0 Å². The topological polar surface area (TPSA) is 35.5 Å². The molecule has 0 radical (unpaired) electrons. The maximum absolute atomic E-state index is 11.5. The van der Waals surface area contributed by atoms with Gasteiger partial charge in [0.15, 0.2) is 0 Å². The molecule has 0 aliphatic carbocycles. The van der Waals surface area contributed by atoms with Crippen LogP contribution in [0.25, 0.3) is 0 Å². The largest absolute Gasteiger partial charge is 0.489 e. The van der Waals surface area contributed by atoms with E-state index in [-0.39, 0.29) is 12.4 Å². The Bertz CT molecular complexity index is 475. The lowest BCUT2D eigenvalue weighted by Crippen LogP contribution is -2.09. The molecule has 1 aromatic rings. The van der Waals surface area contributed by atoms with E-state index in [2.05, 4.69) is 13.2 Å². The van der Waals surface area contributed by atoms with Crippen LogP contribution < -0.4 is 4.74 Å². The SMILES string of the molecule is C=CC(=C)COc1cc(C)ccc1CC(=O)OCC. The van der Waals surface area contributed by atoms with Crippen molar-refractivity contribution in [3.8, 4) is 5.75 Å². The fourth-order valence-electron chi connectivity index (χ4n) is 1.54. The number of carbonyl (C=O) groups is 1. The zero-order valence-corrected chi connectivity index (χ0v) is 11.6. The van der Waals surface area contributed by atoms with Gasteiger partial charge in [-0.1, -0.05) is 31.4 Å². The van der Waals surface area contributed by atoms with Gasteiger partial charge in [-0.05, 0) is 31.1 Å². The normalized spacial score (nSPS) is 9.79. The van der Waals surface area contributed by atoms with E-state index in [4.69, 9.17) is 9.47 Å². The number of rotatable bonds is 7. The summed E-state index contributed by atoms with van der Waals surface area (Å²) in [5.74, 6) is 0.440. The molecule has 19 heavy (non-hydrogen) atoms. The van der Waals surface area contributed by atoms with E-state index in [9.17, 15) is 4.79 Å². The van der Waals surface area contributed by atoms with Gasteiger partial charge in [-0.15, -0.1) is 0 Å². The third-order valence-electron chi connectivity index (χ3n) is 2.56. The summed E-state index contributed by atoms with van der Waals surface area (Å²) < 4.78 is 10.6. The van der Waals surface area contributed by atoms with Gasteiger partial charge in [0, 0.05) is 5.56 Å². The van der Waals surface area contributed by atoms with Crippen LogP contribution in [0.15, 0.2) is 43.0 Å².